The lowest BCUT2D eigenvalue weighted by Gasteiger charge is -2.37. The van der Waals surface area contributed by atoms with Gasteiger partial charge in [0.2, 0.25) is 0 Å². The van der Waals surface area contributed by atoms with Crippen LogP contribution in [0.2, 0.25) is 5.02 Å². The second-order valence-electron chi connectivity index (χ2n) is 5.57. The van der Waals surface area contributed by atoms with Crippen molar-refractivity contribution in [1.82, 2.24) is 9.88 Å². The Kier molecular flexibility index (Phi) is 4.98. The van der Waals surface area contributed by atoms with Crippen LogP contribution >= 0.6 is 23.8 Å². The molecule has 23 heavy (non-hydrogen) atoms. The Balaban J connectivity index is 1.57. The minimum atomic E-state index is 0.749. The second kappa shape index (κ2) is 7.15. The van der Waals surface area contributed by atoms with Crippen molar-refractivity contribution in [3.05, 3.63) is 53.3 Å². The predicted octanol–water partition coefficient (Wildman–Crippen LogP) is 3.56. The third-order valence-corrected chi connectivity index (χ3v) is 4.79. The second-order valence-corrected chi connectivity index (χ2v) is 6.37. The van der Waals surface area contributed by atoms with E-state index in [4.69, 9.17) is 23.8 Å². The molecule has 1 aromatic heterocycles. The number of nitrogens with one attached hydrogen (secondary N) is 1. The lowest BCUT2D eigenvalue weighted by Crippen LogP contribution is -2.50. The highest BCUT2D eigenvalue weighted by Gasteiger charge is 2.19. The van der Waals surface area contributed by atoms with Gasteiger partial charge in [0, 0.05) is 55.0 Å². The maximum Gasteiger partial charge on any atom is 0.173 e. The number of aryl methyl sites for hydroxylation is 1. The largest absolute Gasteiger partial charge is 0.368 e. The molecule has 0 bridgehead atoms. The van der Waals surface area contributed by atoms with Crippen LogP contribution in [0.3, 0.4) is 0 Å². The van der Waals surface area contributed by atoms with E-state index in [1.165, 1.54) is 5.69 Å². The standard InChI is InChI=1S/C17H19ClN4S/c1-13-2-3-14(12-16(13)18)20-17(23)22-10-8-21(9-11-22)15-4-6-19-7-5-15/h2-7,12H,8-11H2,1H3,(H,20,23). The van der Waals surface area contributed by atoms with Crippen molar-refractivity contribution in [3.63, 3.8) is 0 Å². The number of piperazine rings is 1. The molecule has 2 heterocycles. The van der Waals surface area contributed by atoms with E-state index in [1.807, 2.05) is 49.6 Å². The van der Waals surface area contributed by atoms with Gasteiger partial charge in [-0.05, 0) is 49.0 Å². The first-order chi connectivity index (χ1) is 11.1. The summed E-state index contributed by atoms with van der Waals surface area (Å²) in [6.07, 6.45) is 3.66. The normalized spacial score (nSPS) is 14.7. The van der Waals surface area contributed by atoms with Crippen LogP contribution in [-0.4, -0.2) is 41.2 Å². The molecular weight excluding hydrogens is 328 g/mol. The number of nitrogens with zero attached hydrogens (tertiary/aromatic N) is 3. The lowest BCUT2D eigenvalue weighted by molar-refractivity contribution is 0.391. The first-order valence-corrected chi connectivity index (χ1v) is 8.39. The molecule has 3 rings (SSSR count). The van der Waals surface area contributed by atoms with Crippen LogP contribution in [0.4, 0.5) is 11.4 Å². The molecule has 0 radical (unpaired) electrons. The Hall–Kier alpha value is -1.85. The van der Waals surface area contributed by atoms with Gasteiger partial charge < -0.3 is 15.1 Å². The smallest absolute Gasteiger partial charge is 0.173 e. The van der Waals surface area contributed by atoms with Crippen molar-refractivity contribution in [1.29, 1.82) is 0 Å². The fourth-order valence-electron chi connectivity index (χ4n) is 2.60. The SMILES string of the molecule is Cc1ccc(NC(=S)N2CCN(c3ccncc3)CC2)cc1Cl. The lowest BCUT2D eigenvalue weighted by atomic mass is 10.2. The average Bonchev–Trinajstić information content (AvgIpc) is 2.59. The van der Waals surface area contributed by atoms with Crippen LogP contribution in [0, 0.1) is 6.92 Å². The molecular formula is C17H19ClN4S. The van der Waals surface area contributed by atoms with Gasteiger partial charge in [-0.25, -0.2) is 0 Å². The number of aromatic nitrogens is 1. The van der Waals surface area contributed by atoms with Crippen LogP contribution in [-0.2, 0) is 0 Å². The van der Waals surface area contributed by atoms with E-state index in [9.17, 15) is 0 Å². The number of rotatable bonds is 2. The summed E-state index contributed by atoms with van der Waals surface area (Å²) in [5.74, 6) is 0. The fourth-order valence-corrected chi connectivity index (χ4v) is 3.08. The third kappa shape index (κ3) is 3.92. The van der Waals surface area contributed by atoms with Gasteiger partial charge in [-0.1, -0.05) is 17.7 Å². The zero-order valence-electron chi connectivity index (χ0n) is 13.0. The molecule has 1 aliphatic rings. The highest BCUT2D eigenvalue weighted by molar-refractivity contribution is 7.80. The van der Waals surface area contributed by atoms with Crippen LogP contribution in [0.25, 0.3) is 0 Å². The van der Waals surface area contributed by atoms with E-state index in [0.29, 0.717) is 0 Å². The minimum Gasteiger partial charge on any atom is -0.368 e. The first kappa shape index (κ1) is 16.0. The summed E-state index contributed by atoms with van der Waals surface area (Å²) in [7, 11) is 0. The van der Waals surface area contributed by atoms with E-state index in [0.717, 1.165) is 47.6 Å². The van der Waals surface area contributed by atoms with Crippen LogP contribution < -0.4 is 10.2 Å². The highest BCUT2D eigenvalue weighted by atomic mass is 35.5. The number of halogens is 1. The number of pyridine rings is 1. The molecule has 6 heteroatoms. The van der Waals surface area contributed by atoms with Crippen LogP contribution in [0.15, 0.2) is 42.7 Å². The van der Waals surface area contributed by atoms with E-state index in [-0.39, 0.29) is 0 Å². The van der Waals surface area contributed by atoms with Crippen LogP contribution in [0.1, 0.15) is 5.56 Å². The summed E-state index contributed by atoms with van der Waals surface area (Å²) < 4.78 is 0. The van der Waals surface area contributed by atoms with E-state index in [2.05, 4.69) is 20.1 Å². The van der Waals surface area contributed by atoms with Crippen molar-refractivity contribution in [2.75, 3.05) is 36.4 Å². The Bertz CT molecular complexity index is 684. The van der Waals surface area contributed by atoms with Crippen molar-refractivity contribution in [2.45, 2.75) is 6.92 Å². The van der Waals surface area contributed by atoms with Gasteiger partial charge in [-0.15, -0.1) is 0 Å². The molecule has 1 fully saturated rings. The maximum atomic E-state index is 6.16. The Morgan fingerprint density at radius 1 is 1.13 bits per heavy atom. The zero-order chi connectivity index (χ0) is 16.2. The predicted molar refractivity (Wildman–Crippen MR) is 100 cm³/mol. The summed E-state index contributed by atoms with van der Waals surface area (Å²) in [4.78, 5) is 8.61. The molecule has 1 saturated heterocycles. The molecule has 0 atom stereocenters. The zero-order valence-corrected chi connectivity index (χ0v) is 14.6. The molecule has 0 spiro atoms. The maximum absolute atomic E-state index is 6.16. The van der Waals surface area contributed by atoms with Gasteiger partial charge in [-0.2, -0.15) is 0 Å². The number of anilines is 2. The Labute approximate surface area is 147 Å². The van der Waals surface area contributed by atoms with E-state index in [1.54, 1.807) is 0 Å². The summed E-state index contributed by atoms with van der Waals surface area (Å²) >= 11 is 11.7. The summed E-state index contributed by atoms with van der Waals surface area (Å²) in [5.41, 5.74) is 3.21. The number of hydrogen-bond acceptors (Lipinski definition) is 3. The molecule has 0 aliphatic carbocycles. The number of hydrogen-bond donors (Lipinski definition) is 1. The number of benzene rings is 1. The molecule has 1 N–H and O–H groups in total. The molecule has 0 saturated carbocycles. The first-order valence-electron chi connectivity index (χ1n) is 7.60. The summed E-state index contributed by atoms with van der Waals surface area (Å²) in [6.45, 7) is 5.67. The topological polar surface area (TPSA) is 31.4 Å². The molecule has 1 aliphatic heterocycles. The Morgan fingerprint density at radius 2 is 1.83 bits per heavy atom. The van der Waals surface area contributed by atoms with E-state index < -0.39 is 0 Å². The molecule has 4 nitrogen and oxygen atoms in total. The average molecular weight is 347 g/mol. The van der Waals surface area contributed by atoms with Crippen molar-refractivity contribution < 1.29 is 0 Å². The van der Waals surface area contributed by atoms with Gasteiger partial charge in [-0.3, -0.25) is 4.98 Å². The van der Waals surface area contributed by atoms with Gasteiger partial charge in [0.05, 0.1) is 0 Å². The molecule has 2 aromatic rings. The van der Waals surface area contributed by atoms with Gasteiger partial charge >= 0.3 is 0 Å². The molecule has 0 amide bonds. The van der Waals surface area contributed by atoms with Gasteiger partial charge in [0.1, 0.15) is 0 Å². The quantitative estimate of drug-likeness (QED) is 0.840. The summed E-state index contributed by atoms with van der Waals surface area (Å²) in [5, 5.41) is 4.78. The number of thiocarbonyl (C=S) groups is 1. The van der Waals surface area contributed by atoms with Crippen LogP contribution in [0.5, 0.6) is 0 Å². The van der Waals surface area contributed by atoms with Crippen molar-refractivity contribution in [2.24, 2.45) is 0 Å². The van der Waals surface area contributed by atoms with Gasteiger partial charge in [0.25, 0.3) is 0 Å². The van der Waals surface area contributed by atoms with Gasteiger partial charge in [0.15, 0.2) is 5.11 Å². The third-order valence-electron chi connectivity index (χ3n) is 4.02. The van der Waals surface area contributed by atoms with Crippen molar-refractivity contribution >= 4 is 40.3 Å². The minimum absolute atomic E-state index is 0.749. The molecule has 120 valence electrons. The van der Waals surface area contributed by atoms with E-state index >= 15 is 0 Å². The highest BCUT2D eigenvalue weighted by Crippen LogP contribution is 2.21. The molecule has 0 unspecified atom stereocenters. The van der Waals surface area contributed by atoms with Crippen molar-refractivity contribution in [3.8, 4) is 0 Å². The summed E-state index contributed by atoms with van der Waals surface area (Å²) in [6, 6.07) is 9.99. The molecule has 1 aromatic carbocycles. The Morgan fingerprint density at radius 3 is 2.48 bits per heavy atom. The fraction of sp³-hybridized carbons (Fsp3) is 0.294. The monoisotopic (exact) mass is 346 g/mol.